The Morgan fingerprint density at radius 3 is 1.51 bits per heavy atom. The molecule has 0 bridgehead atoms. The molecule has 0 aliphatic heterocycles. The van der Waals surface area contributed by atoms with Crippen LogP contribution in [0.25, 0.3) is 67.9 Å². The minimum absolute atomic E-state index is 0.0493. The number of hydrogen-bond donors (Lipinski definition) is 2. The Kier molecular flexibility index (Phi) is 18.2. The summed E-state index contributed by atoms with van der Waals surface area (Å²) in [6.45, 7) is 5.79. The van der Waals surface area contributed by atoms with Crippen molar-refractivity contribution in [3.8, 4) is 67.9 Å². The maximum absolute atomic E-state index is 14.6. The van der Waals surface area contributed by atoms with Crippen LogP contribution in [0.2, 0.25) is 10.0 Å². The third kappa shape index (κ3) is 14.0. The van der Waals surface area contributed by atoms with Crippen LogP contribution in [0.1, 0.15) is 41.7 Å². The highest BCUT2D eigenvalue weighted by Crippen LogP contribution is 2.42. The lowest BCUT2D eigenvalue weighted by atomic mass is 9.94. The summed E-state index contributed by atoms with van der Waals surface area (Å²) in [6, 6.07) is 29.6. The first-order valence-corrected chi connectivity index (χ1v) is 23.1. The van der Waals surface area contributed by atoms with Crippen molar-refractivity contribution in [1.82, 2.24) is 30.1 Å². The van der Waals surface area contributed by atoms with Crippen LogP contribution in [0.15, 0.2) is 130 Å². The normalized spacial score (nSPS) is 11.5. The fraction of sp³-hybridized carbons (Fsp3) is 0.208. The number of alkyl halides is 6. The van der Waals surface area contributed by atoms with Gasteiger partial charge in [-0.15, -0.1) is 0 Å². The fourth-order valence-electron chi connectivity index (χ4n) is 7.55. The van der Waals surface area contributed by atoms with Gasteiger partial charge in [0.1, 0.15) is 5.82 Å². The van der Waals surface area contributed by atoms with E-state index in [1.807, 2.05) is 13.8 Å². The Morgan fingerprint density at radius 1 is 0.554 bits per heavy atom. The van der Waals surface area contributed by atoms with E-state index in [9.17, 15) is 40.3 Å². The minimum Gasteiger partial charge on any atom is -0.480 e. The number of likely N-dealkylation sites (N-methyl/N-ethyl adjacent to an activating group) is 2. The first-order valence-electron chi connectivity index (χ1n) is 22.4. The molecule has 0 fully saturated rings. The summed E-state index contributed by atoms with van der Waals surface area (Å²) in [5, 5.41) is 25.9. The number of nitrogens with zero attached hydrogens (tertiary/aromatic N) is 6. The van der Waals surface area contributed by atoms with Gasteiger partial charge in [0.05, 0.1) is 24.2 Å². The van der Waals surface area contributed by atoms with Crippen LogP contribution in [0.4, 0.5) is 30.7 Å². The molecule has 21 heteroatoms. The molecule has 0 amide bonds. The van der Waals surface area contributed by atoms with Crippen molar-refractivity contribution in [2.24, 2.45) is 0 Å². The van der Waals surface area contributed by atoms with Crippen LogP contribution in [-0.2, 0) is 35.0 Å². The first-order chi connectivity index (χ1) is 35.0. The second-order valence-corrected chi connectivity index (χ2v) is 17.2. The summed E-state index contributed by atoms with van der Waals surface area (Å²) in [5.41, 5.74) is 2.16. The van der Waals surface area contributed by atoms with E-state index in [4.69, 9.17) is 42.5 Å². The van der Waals surface area contributed by atoms with Gasteiger partial charge in [-0.1, -0.05) is 126 Å². The molecule has 0 radical (unpaired) electrons. The van der Waals surface area contributed by atoms with E-state index in [0.29, 0.717) is 44.9 Å². The summed E-state index contributed by atoms with van der Waals surface area (Å²) >= 11 is 12.7. The van der Waals surface area contributed by atoms with E-state index < -0.39 is 41.2 Å². The van der Waals surface area contributed by atoms with Gasteiger partial charge in [0.25, 0.3) is 11.8 Å². The zero-order valence-corrected chi connectivity index (χ0v) is 41.5. The number of rotatable bonds is 14. The summed E-state index contributed by atoms with van der Waals surface area (Å²) < 4.78 is 107. The van der Waals surface area contributed by atoms with Gasteiger partial charge < -0.3 is 19.3 Å². The van der Waals surface area contributed by atoms with E-state index in [0.717, 1.165) is 17.7 Å². The third-order valence-electron chi connectivity index (χ3n) is 10.9. The number of benzene rings is 6. The Balaban J connectivity index is 0.000000233. The molecule has 8 aromatic rings. The van der Waals surface area contributed by atoms with Crippen molar-refractivity contribution in [3.63, 3.8) is 0 Å². The number of carboxylic acids is 2. The molecule has 12 nitrogen and oxygen atoms in total. The van der Waals surface area contributed by atoms with Gasteiger partial charge in [-0.2, -0.15) is 36.3 Å². The topological polar surface area (TPSA) is 159 Å². The molecule has 386 valence electrons. The van der Waals surface area contributed by atoms with Gasteiger partial charge in [0.2, 0.25) is 11.6 Å². The van der Waals surface area contributed by atoms with Gasteiger partial charge in [-0.05, 0) is 91.3 Å². The van der Waals surface area contributed by atoms with Gasteiger partial charge in [0.15, 0.2) is 0 Å². The fourth-order valence-corrected chi connectivity index (χ4v) is 8.08. The molecule has 0 atom stereocenters. The molecule has 0 saturated heterocycles. The first kappa shape index (κ1) is 55.9. The van der Waals surface area contributed by atoms with E-state index >= 15 is 0 Å². The molecule has 2 heterocycles. The number of halogens is 9. The van der Waals surface area contributed by atoms with E-state index in [1.54, 1.807) is 74.4 Å². The smallest absolute Gasteiger partial charge is 0.417 e. The van der Waals surface area contributed by atoms with Crippen molar-refractivity contribution in [2.75, 3.05) is 27.2 Å². The summed E-state index contributed by atoms with van der Waals surface area (Å²) in [5.74, 6) is -2.30. The second kappa shape index (κ2) is 24.1. The van der Waals surface area contributed by atoms with Gasteiger partial charge in [-0.25, -0.2) is 4.39 Å². The second-order valence-electron chi connectivity index (χ2n) is 16.4. The quantitative estimate of drug-likeness (QED) is 0.0994. The number of carboxylic acid groups (broad SMARTS) is 2. The highest BCUT2D eigenvalue weighted by molar-refractivity contribution is 6.33. The third-order valence-corrected chi connectivity index (χ3v) is 11.6. The van der Waals surface area contributed by atoms with Crippen LogP contribution >= 0.6 is 23.2 Å². The van der Waals surface area contributed by atoms with Crippen LogP contribution in [0, 0.1) is 12.7 Å². The molecule has 0 unspecified atom stereocenters. The molecule has 0 spiro atoms. The van der Waals surface area contributed by atoms with Crippen LogP contribution < -0.4 is 0 Å². The standard InChI is InChI=1S/C26H21ClF3N3O3.C25H18ClF4N3O3.C2H6/c1-15-5-3-4-6-19(15)20-10-9-17(11-21(20)26(28,29)30)25-31-24(32-36-25)16-7-8-18(22(27)12-16)13-33(2)14-23(34)35;1-33(13-22(34)35)12-16-7-6-14(11-21(16)27)23-31-24(36-32-23)15-8-9-18(20(26)10-15)17-4-2-3-5-19(17)25(28,29)30;1-2/h3-12H,13-14H2,1-2H3,(H,34,35);2-11H,12-13H2,1H3,(H,34,35);1-2H3. The molecule has 0 saturated carbocycles. The maximum Gasteiger partial charge on any atom is 0.417 e. The highest BCUT2D eigenvalue weighted by Gasteiger charge is 2.35. The number of hydrogen-bond acceptors (Lipinski definition) is 10. The molecule has 2 aromatic heterocycles. The average molecular weight is 1070 g/mol. The van der Waals surface area contributed by atoms with Gasteiger partial charge >= 0.3 is 24.3 Å². The molecule has 0 aliphatic rings. The molecule has 2 N–H and O–H groups in total. The lowest BCUT2D eigenvalue weighted by molar-refractivity contribution is -0.139. The average Bonchev–Trinajstić information content (AvgIpc) is 4.05. The molecule has 6 aromatic carbocycles. The van der Waals surface area contributed by atoms with Crippen molar-refractivity contribution in [2.45, 2.75) is 46.2 Å². The van der Waals surface area contributed by atoms with Crippen LogP contribution in [-0.4, -0.2) is 79.4 Å². The summed E-state index contributed by atoms with van der Waals surface area (Å²) in [6.07, 6.45) is -9.13. The van der Waals surface area contributed by atoms with Crippen molar-refractivity contribution >= 4 is 35.1 Å². The van der Waals surface area contributed by atoms with Crippen molar-refractivity contribution < 1.29 is 59.6 Å². The maximum atomic E-state index is 14.6. The van der Waals surface area contributed by atoms with Crippen molar-refractivity contribution in [1.29, 1.82) is 0 Å². The van der Waals surface area contributed by atoms with Gasteiger partial charge in [0, 0.05) is 56.5 Å². The molecular formula is C53H45Cl2F7N6O6. The SMILES string of the molecule is CC.CN(CC(=O)O)Cc1ccc(-c2noc(-c3ccc(-c4ccccc4C(F)(F)F)c(Cl)c3)n2)cc1F.Cc1ccccc1-c1ccc(-c2nc(-c3ccc(CN(C)CC(=O)O)c(Cl)c3)no2)cc1C(F)(F)F. The molecular weight excluding hydrogens is 1020 g/mol. The molecule has 0 aliphatic carbocycles. The van der Waals surface area contributed by atoms with Crippen LogP contribution in [0.3, 0.4) is 0 Å². The summed E-state index contributed by atoms with van der Waals surface area (Å²) in [4.78, 5) is 33.2. The Labute approximate surface area is 429 Å². The van der Waals surface area contributed by atoms with E-state index in [1.165, 1.54) is 65.6 Å². The summed E-state index contributed by atoms with van der Waals surface area (Å²) in [7, 11) is 3.22. The Hall–Kier alpha value is -7.45. The number of aliphatic carboxylic acids is 2. The number of aryl methyl sites for hydroxylation is 1. The van der Waals surface area contributed by atoms with Crippen molar-refractivity contribution in [3.05, 3.63) is 165 Å². The molecule has 8 rings (SSSR count). The number of carbonyl (C=O) groups is 2. The zero-order chi connectivity index (χ0) is 54.1. The van der Waals surface area contributed by atoms with E-state index in [2.05, 4.69) is 20.3 Å². The van der Waals surface area contributed by atoms with Crippen LogP contribution in [0.5, 0.6) is 0 Å². The minimum atomic E-state index is -4.59. The largest absolute Gasteiger partial charge is 0.480 e. The zero-order valence-electron chi connectivity index (χ0n) is 40.0. The highest BCUT2D eigenvalue weighted by atomic mass is 35.5. The predicted octanol–water partition coefficient (Wildman–Crippen LogP) is 14.0. The lowest BCUT2D eigenvalue weighted by Gasteiger charge is -2.15. The lowest BCUT2D eigenvalue weighted by Crippen LogP contribution is -2.25. The van der Waals surface area contributed by atoms with E-state index in [-0.39, 0.29) is 70.3 Å². The van der Waals surface area contributed by atoms with Gasteiger partial charge in [-0.3, -0.25) is 19.4 Å². The monoisotopic (exact) mass is 1060 g/mol. The molecule has 74 heavy (non-hydrogen) atoms. The Bertz CT molecular complexity index is 3270. The predicted molar refractivity (Wildman–Crippen MR) is 265 cm³/mol. The number of aromatic nitrogens is 4. The Morgan fingerprint density at radius 2 is 1.00 bits per heavy atom.